The molecule has 112 valence electrons. The van der Waals surface area contributed by atoms with E-state index in [2.05, 4.69) is 0 Å². The minimum Gasteiger partial charge on any atom is -0.388 e. The topological polar surface area (TPSA) is 99.4 Å². The SMILES string of the molecule is O[C@@H]1[C@@H](O)[C@@H](O)COC(c2cccc(Cl)c2)OC[C@H]1O. The molecule has 1 saturated heterocycles. The average Bonchev–Trinajstić information content (AvgIpc) is 2.48. The molecule has 0 radical (unpaired) electrons. The number of hydrogen-bond acceptors (Lipinski definition) is 6. The summed E-state index contributed by atoms with van der Waals surface area (Å²) >= 11 is 5.88. The van der Waals surface area contributed by atoms with Crippen LogP contribution in [0.3, 0.4) is 0 Å². The van der Waals surface area contributed by atoms with Crippen LogP contribution in [0, 0.1) is 0 Å². The lowest BCUT2D eigenvalue weighted by Gasteiger charge is -2.23. The second-order valence-corrected chi connectivity index (χ2v) is 5.11. The zero-order valence-corrected chi connectivity index (χ0v) is 11.3. The Morgan fingerprint density at radius 1 is 0.950 bits per heavy atom. The van der Waals surface area contributed by atoms with Gasteiger partial charge in [0.1, 0.15) is 24.4 Å². The smallest absolute Gasteiger partial charge is 0.184 e. The summed E-state index contributed by atoms with van der Waals surface area (Å²) in [5, 5.41) is 39.1. The van der Waals surface area contributed by atoms with Gasteiger partial charge in [0.15, 0.2) is 6.29 Å². The third kappa shape index (κ3) is 3.67. The minimum absolute atomic E-state index is 0.248. The van der Waals surface area contributed by atoms with Crippen molar-refractivity contribution in [3.63, 3.8) is 0 Å². The Kier molecular flexibility index (Phi) is 5.34. The largest absolute Gasteiger partial charge is 0.388 e. The fourth-order valence-corrected chi connectivity index (χ4v) is 2.12. The predicted molar refractivity (Wildman–Crippen MR) is 70.1 cm³/mol. The fraction of sp³-hybridized carbons (Fsp3) is 0.538. The van der Waals surface area contributed by atoms with Crippen LogP contribution in [0.2, 0.25) is 5.02 Å². The highest BCUT2D eigenvalue weighted by Crippen LogP contribution is 2.24. The van der Waals surface area contributed by atoms with Crippen molar-refractivity contribution in [2.45, 2.75) is 30.7 Å². The molecule has 1 fully saturated rings. The van der Waals surface area contributed by atoms with E-state index in [-0.39, 0.29) is 13.2 Å². The maximum atomic E-state index is 9.69. The lowest BCUT2D eigenvalue weighted by molar-refractivity contribution is -0.170. The molecule has 0 aliphatic carbocycles. The number of aliphatic hydroxyl groups is 4. The summed E-state index contributed by atoms with van der Waals surface area (Å²) in [6.45, 7) is -0.496. The first-order valence-corrected chi connectivity index (χ1v) is 6.58. The highest BCUT2D eigenvalue weighted by molar-refractivity contribution is 6.30. The summed E-state index contributed by atoms with van der Waals surface area (Å²) in [5.41, 5.74) is 0.614. The molecule has 1 aromatic carbocycles. The highest BCUT2D eigenvalue weighted by atomic mass is 35.5. The number of aliphatic hydroxyl groups excluding tert-OH is 4. The van der Waals surface area contributed by atoms with Gasteiger partial charge in [-0.25, -0.2) is 0 Å². The van der Waals surface area contributed by atoms with Crippen LogP contribution in [0.25, 0.3) is 0 Å². The van der Waals surface area contributed by atoms with Crippen LogP contribution >= 0.6 is 11.6 Å². The Morgan fingerprint density at radius 3 is 2.00 bits per heavy atom. The van der Waals surface area contributed by atoms with Gasteiger partial charge < -0.3 is 29.9 Å². The van der Waals surface area contributed by atoms with Crippen molar-refractivity contribution in [1.29, 1.82) is 0 Å². The van der Waals surface area contributed by atoms with Crippen LogP contribution in [0.5, 0.6) is 0 Å². The molecule has 20 heavy (non-hydrogen) atoms. The first-order valence-electron chi connectivity index (χ1n) is 6.20. The standard InChI is InChI=1S/C13H17ClO6/c14-8-3-1-2-7(4-8)13-19-5-9(15)11(17)12(18)10(16)6-20-13/h1-4,9-13,15-18H,5-6H2/t9-,10+,11-,12-,13?/m0/s1. The van der Waals surface area contributed by atoms with Crippen molar-refractivity contribution >= 4 is 11.6 Å². The summed E-state index contributed by atoms with van der Waals surface area (Å²) in [4.78, 5) is 0. The second kappa shape index (κ2) is 6.82. The first kappa shape index (κ1) is 15.7. The van der Waals surface area contributed by atoms with Crippen molar-refractivity contribution in [1.82, 2.24) is 0 Å². The van der Waals surface area contributed by atoms with Crippen molar-refractivity contribution in [2.75, 3.05) is 13.2 Å². The third-order valence-corrected chi connectivity index (χ3v) is 3.33. The molecule has 1 aliphatic heterocycles. The first-order chi connectivity index (χ1) is 9.49. The number of hydrogen-bond donors (Lipinski definition) is 4. The van der Waals surface area contributed by atoms with Crippen molar-refractivity contribution in [3.05, 3.63) is 34.9 Å². The molecule has 1 aliphatic rings. The molecule has 0 amide bonds. The number of halogens is 1. The van der Waals surface area contributed by atoms with Crippen LogP contribution < -0.4 is 0 Å². The lowest BCUT2D eigenvalue weighted by atomic mass is 10.0. The van der Waals surface area contributed by atoms with E-state index >= 15 is 0 Å². The molecule has 1 aromatic rings. The Labute approximate surface area is 121 Å². The molecule has 5 atom stereocenters. The summed E-state index contributed by atoms with van der Waals surface area (Å²) in [6.07, 6.45) is -6.53. The van der Waals surface area contributed by atoms with Crippen molar-refractivity contribution < 1.29 is 29.9 Å². The van der Waals surface area contributed by atoms with Gasteiger partial charge in [0, 0.05) is 10.6 Å². The Bertz CT molecular complexity index is 425. The third-order valence-electron chi connectivity index (χ3n) is 3.10. The van der Waals surface area contributed by atoms with Crippen LogP contribution in [-0.2, 0) is 9.47 Å². The molecule has 0 aromatic heterocycles. The molecular formula is C13H17ClO6. The molecule has 1 unspecified atom stereocenters. The second-order valence-electron chi connectivity index (χ2n) is 4.67. The average molecular weight is 305 g/mol. The van der Waals surface area contributed by atoms with E-state index in [9.17, 15) is 20.4 Å². The summed E-state index contributed by atoms with van der Waals surface area (Å²) in [5.74, 6) is 0. The lowest BCUT2D eigenvalue weighted by Crippen LogP contribution is -2.46. The van der Waals surface area contributed by atoms with E-state index in [1.165, 1.54) is 0 Å². The van der Waals surface area contributed by atoms with Gasteiger partial charge in [0.05, 0.1) is 13.2 Å². The van der Waals surface area contributed by atoms with Gasteiger partial charge in [-0.3, -0.25) is 0 Å². The zero-order valence-electron chi connectivity index (χ0n) is 10.6. The molecule has 0 saturated carbocycles. The Balaban J connectivity index is 2.16. The Hall–Kier alpha value is -0.730. The minimum atomic E-state index is -1.51. The van der Waals surface area contributed by atoms with E-state index in [1.807, 2.05) is 0 Å². The quantitative estimate of drug-likeness (QED) is 0.575. The van der Waals surface area contributed by atoms with E-state index in [0.717, 1.165) is 0 Å². The fourth-order valence-electron chi connectivity index (χ4n) is 1.92. The van der Waals surface area contributed by atoms with Crippen LogP contribution in [0.1, 0.15) is 11.9 Å². The molecule has 0 spiro atoms. The summed E-state index contributed by atoms with van der Waals surface area (Å²) in [7, 11) is 0. The normalized spacial score (nSPS) is 36.0. The van der Waals surface area contributed by atoms with Gasteiger partial charge in [0.2, 0.25) is 0 Å². The molecular weight excluding hydrogens is 288 g/mol. The van der Waals surface area contributed by atoms with Crippen molar-refractivity contribution in [2.24, 2.45) is 0 Å². The molecule has 0 bridgehead atoms. The monoisotopic (exact) mass is 304 g/mol. The number of benzene rings is 1. The maximum absolute atomic E-state index is 9.69. The van der Waals surface area contributed by atoms with Crippen LogP contribution in [-0.4, -0.2) is 58.1 Å². The number of rotatable bonds is 1. The van der Waals surface area contributed by atoms with Gasteiger partial charge in [-0.2, -0.15) is 0 Å². The zero-order chi connectivity index (χ0) is 14.7. The molecule has 6 nitrogen and oxygen atoms in total. The van der Waals surface area contributed by atoms with Gasteiger partial charge in [-0.05, 0) is 12.1 Å². The Morgan fingerprint density at radius 2 is 1.50 bits per heavy atom. The molecule has 1 heterocycles. The van der Waals surface area contributed by atoms with Gasteiger partial charge in [-0.15, -0.1) is 0 Å². The van der Waals surface area contributed by atoms with E-state index < -0.39 is 30.7 Å². The van der Waals surface area contributed by atoms with E-state index in [4.69, 9.17) is 21.1 Å². The van der Waals surface area contributed by atoms with E-state index in [0.29, 0.717) is 10.6 Å². The van der Waals surface area contributed by atoms with Gasteiger partial charge in [0.25, 0.3) is 0 Å². The van der Waals surface area contributed by atoms with Gasteiger partial charge >= 0.3 is 0 Å². The maximum Gasteiger partial charge on any atom is 0.184 e. The molecule has 4 N–H and O–H groups in total. The molecule has 7 heteroatoms. The summed E-state index contributed by atoms with van der Waals surface area (Å²) in [6, 6.07) is 6.76. The van der Waals surface area contributed by atoms with E-state index in [1.54, 1.807) is 24.3 Å². The number of ether oxygens (including phenoxy) is 2. The van der Waals surface area contributed by atoms with Gasteiger partial charge in [-0.1, -0.05) is 23.7 Å². The van der Waals surface area contributed by atoms with Crippen LogP contribution in [0.15, 0.2) is 24.3 Å². The molecule has 2 rings (SSSR count). The summed E-state index contributed by atoms with van der Waals surface area (Å²) < 4.78 is 10.7. The van der Waals surface area contributed by atoms with Crippen molar-refractivity contribution in [3.8, 4) is 0 Å². The van der Waals surface area contributed by atoms with Crippen LogP contribution in [0.4, 0.5) is 0 Å². The predicted octanol–water partition coefficient (Wildman–Crippen LogP) is -0.171. The highest BCUT2D eigenvalue weighted by Gasteiger charge is 2.33.